The summed E-state index contributed by atoms with van der Waals surface area (Å²) in [7, 11) is 0. The first-order valence-electron chi connectivity index (χ1n) is 7.78. The van der Waals surface area contributed by atoms with Crippen LogP contribution in [0.2, 0.25) is 0 Å². The zero-order valence-electron chi connectivity index (χ0n) is 12.2. The van der Waals surface area contributed by atoms with Gasteiger partial charge in [-0.05, 0) is 31.7 Å². The van der Waals surface area contributed by atoms with Gasteiger partial charge in [0.15, 0.2) is 0 Å². The molecule has 1 heterocycles. The largest absolute Gasteiger partial charge is 0.316 e. The quantitative estimate of drug-likeness (QED) is 0.827. The Morgan fingerprint density at radius 2 is 2.06 bits per heavy atom. The fourth-order valence-corrected chi connectivity index (χ4v) is 4.59. The number of hydrogen-bond donors (Lipinski definition) is 1. The molecule has 2 nitrogen and oxygen atoms in total. The normalized spacial score (nSPS) is 29.3. The van der Waals surface area contributed by atoms with Gasteiger partial charge in [0.1, 0.15) is 0 Å². The molecule has 1 aliphatic heterocycles. The summed E-state index contributed by atoms with van der Waals surface area (Å²) < 4.78 is 0. The molecule has 0 spiro atoms. The van der Waals surface area contributed by atoms with Crippen LogP contribution in [-0.2, 0) is 0 Å². The van der Waals surface area contributed by atoms with E-state index in [1.54, 1.807) is 0 Å². The summed E-state index contributed by atoms with van der Waals surface area (Å²) in [6, 6.07) is 0.782. The number of hydrogen-bond acceptors (Lipinski definition) is 3. The molecule has 0 radical (unpaired) electrons. The van der Waals surface area contributed by atoms with Crippen LogP contribution in [0.1, 0.15) is 46.0 Å². The van der Waals surface area contributed by atoms with Crippen molar-refractivity contribution in [1.82, 2.24) is 10.2 Å². The Balaban J connectivity index is 1.94. The zero-order chi connectivity index (χ0) is 12.8. The third kappa shape index (κ3) is 3.88. The SMILES string of the molecule is CCNCC1(CN2CCSCC2C)CCCCC1. The second-order valence-corrected chi connectivity index (χ2v) is 7.39. The second-order valence-electron chi connectivity index (χ2n) is 6.24. The Morgan fingerprint density at radius 1 is 1.28 bits per heavy atom. The molecule has 0 aromatic rings. The smallest absolute Gasteiger partial charge is 0.0158 e. The number of nitrogens with zero attached hydrogens (tertiary/aromatic N) is 1. The van der Waals surface area contributed by atoms with E-state index in [1.807, 2.05) is 0 Å². The minimum Gasteiger partial charge on any atom is -0.316 e. The van der Waals surface area contributed by atoms with Crippen LogP contribution in [0.4, 0.5) is 0 Å². The van der Waals surface area contributed by atoms with Gasteiger partial charge in [0.05, 0.1) is 0 Å². The molecule has 0 amide bonds. The van der Waals surface area contributed by atoms with Crippen molar-refractivity contribution in [1.29, 1.82) is 0 Å². The molecule has 1 N–H and O–H groups in total. The fourth-order valence-electron chi connectivity index (χ4n) is 3.51. The van der Waals surface area contributed by atoms with E-state index in [-0.39, 0.29) is 0 Å². The Labute approximate surface area is 117 Å². The van der Waals surface area contributed by atoms with E-state index in [1.165, 1.54) is 63.2 Å². The molecule has 0 aromatic heterocycles. The van der Waals surface area contributed by atoms with Gasteiger partial charge in [-0.15, -0.1) is 0 Å². The van der Waals surface area contributed by atoms with Gasteiger partial charge < -0.3 is 5.32 Å². The first-order valence-corrected chi connectivity index (χ1v) is 8.94. The van der Waals surface area contributed by atoms with Crippen molar-refractivity contribution in [2.24, 2.45) is 5.41 Å². The summed E-state index contributed by atoms with van der Waals surface area (Å²) >= 11 is 2.13. The van der Waals surface area contributed by atoms with Crippen molar-refractivity contribution in [2.45, 2.75) is 52.0 Å². The van der Waals surface area contributed by atoms with Crippen molar-refractivity contribution in [3.8, 4) is 0 Å². The summed E-state index contributed by atoms with van der Waals surface area (Å²) in [6.07, 6.45) is 7.23. The van der Waals surface area contributed by atoms with E-state index in [2.05, 4.69) is 35.8 Å². The van der Waals surface area contributed by atoms with Crippen LogP contribution in [-0.4, -0.2) is 48.6 Å². The number of thioether (sulfide) groups is 1. The maximum Gasteiger partial charge on any atom is 0.0158 e. The Hall–Kier alpha value is 0.270. The predicted octanol–water partition coefficient (Wildman–Crippen LogP) is 2.98. The summed E-state index contributed by atoms with van der Waals surface area (Å²) in [6.45, 7) is 9.64. The molecule has 1 atom stereocenters. The van der Waals surface area contributed by atoms with Crippen LogP contribution in [0.15, 0.2) is 0 Å². The van der Waals surface area contributed by atoms with Crippen molar-refractivity contribution >= 4 is 11.8 Å². The van der Waals surface area contributed by atoms with Gasteiger partial charge in [0.25, 0.3) is 0 Å². The summed E-state index contributed by atoms with van der Waals surface area (Å²) in [4.78, 5) is 2.76. The number of rotatable bonds is 5. The molecule has 106 valence electrons. The molecule has 0 bridgehead atoms. The minimum atomic E-state index is 0.574. The van der Waals surface area contributed by atoms with Crippen LogP contribution >= 0.6 is 11.8 Å². The van der Waals surface area contributed by atoms with Gasteiger partial charge in [-0.3, -0.25) is 4.90 Å². The first kappa shape index (κ1) is 14.7. The van der Waals surface area contributed by atoms with Gasteiger partial charge >= 0.3 is 0 Å². The van der Waals surface area contributed by atoms with Crippen LogP contribution in [0.25, 0.3) is 0 Å². The van der Waals surface area contributed by atoms with E-state index < -0.39 is 0 Å². The van der Waals surface area contributed by atoms with Crippen LogP contribution < -0.4 is 5.32 Å². The molecule has 1 saturated heterocycles. The monoisotopic (exact) mass is 270 g/mol. The summed E-state index contributed by atoms with van der Waals surface area (Å²) in [5, 5.41) is 3.63. The van der Waals surface area contributed by atoms with Crippen LogP contribution in [0, 0.1) is 5.41 Å². The van der Waals surface area contributed by atoms with E-state index in [4.69, 9.17) is 0 Å². The lowest BCUT2D eigenvalue weighted by atomic mass is 9.73. The zero-order valence-corrected chi connectivity index (χ0v) is 13.0. The van der Waals surface area contributed by atoms with E-state index in [0.717, 1.165) is 12.6 Å². The van der Waals surface area contributed by atoms with Crippen LogP contribution in [0.5, 0.6) is 0 Å². The maximum atomic E-state index is 3.63. The standard InChI is InChI=1S/C15H30N2S/c1-3-16-12-15(7-5-4-6-8-15)13-17-9-10-18-11-14(17)2/h14,16H,3-13H2,1-2H3. The first-order chi connectivity index (χ1) is 8.76. The minimum absolute atomic E-state index is 0.574. The van der Waals surface area contributed by atoms with Gasteiger partial charge in [-0.25, -0.2) is 0 Å². The van der Waals surface area contributed by atoms with Gasteiger partial charge in [0.2, 0.25) is 0 Å². The third-order valence-electron chi connectivity index (χ3n) is 4.71. The highest BCUT2D eigenvalue weighted by molar-refractivity contribution is 7.99. The maximum absolute atomic E-state index is 3.63. The molecule has 0 aromatic carbocycles. The van der Waals surface area contributed by atoms with Crippen molar-refractivity contribution in [3.05, 3.63) is 0 Å². The highest BCUT2D eigenvalue weighted by Crippen LogP contribution is 2.37. The molecular weight excluding hydrogens is 240 g/mol. The molecule has 2 rings (SSSR count). The molecule has 2 fully saturated rings. The lowest BCUT2D eigenvalue weighted by molar-refractivity contribution is 0.0874. The van der Waals surface area contributed by atoms with Gasteiger partial charge in [-0.1, -0.05) is 26.2 Å². The fraction of sp³-hybridized carbons (Fsp3) is 1.00. The molecule has 18 heavy (non-hydrogen) atoms. The average Bonchev–Trinajstić information content (AvgIpc) is 2.40. The van der Waals surface area contributed by atoms with E-state index >= 15 is 0 Å². The van der Waals surface area contributed by atoms with Crippen molar-refractivity contribution in [3.63, 3.8) is 0 Å². The Morgan fingerprint density at radius 3 is 2.72 bits per heavy atom. The van der Waals surface area contributed by atoms with Crippen LogP contribution in [0.3, 0.4) is 0 Å². The molecule has 1 aliphatic carbocycles. The highest BCUT2D eigenvalue weighted by atomic mass is 32.2. The van der Waals surface area contributed by atoms with E-state index in [9.17, 15) is 0 Å². The summed E-state index contributed by atoms with van der Waals surface area (Å²) in [5.74, 6) is 2.67. The van der Waals surface area contributed by atoms with Gasteiger partial charge in [0, 0.05) is 37.2 Å². The number of nitrogens with one attached hydrogen (secondary N) is 1. The molecule has 1 unspecified atom stereocenters. The van der Waals surface area contributed by atoms with Gasteiger partial charge in [-0.2, -0.15) is 11.8 Å². The highest BCUT2D eigenvalue weighted by Gasteiger charge is 2.35. The lowest BCUT2D eigenvalue weighted by Crippen LogP contribution is -2.50. The molecule has 2 aliphatic rings. The van der Waals surface area contributed by atoms with Crippen molar-refractivity contribution < 1.29 is 0 Å². The topological polar surface area (TPSA) is 15.3 Å². The molecule has 1 saturated carbocycles. The molecule has 3 heteroatoms. The van der Waals surface area contributed by atoms with Crippen molar-refractivity contribution in [2.75, 3.05) is 37.7 Å². The Kier molecular flexibility index (Phi) is 5.84. The third-order valence-corrected chi connectivity index (χ3v) is 5.90. The average molecular weight is 270 g/mol. The second kappa shape index (κ2) is 7.16. The Bertz CT molecular complexity index is 239. The molecular formula is C15H30N2S. The predicted molar refractivity (Wildman–Crippen MR) is 82.4 cm³/mol. The summed E-state index contributed by atoms with van der Waals surface area (Å²) in [5.41, 5.74) is 0.574. The lowest BCUT2D eigenvalue weighted by Gasteiger charge is -2.44. The van der Waals surface area contributed by atoms with E-state index in [0.29, 0.717) is 5.41 Å².